The van der Waals surface area contributed by atoms with Crippen LogP contribution in [0, 0.1) is 0 Å². The van der Waals surface area contributed by atoms with Gasteiger partial charge in [0.05, 0.1) is 17.0 Å². The highest BCUT2D eigenvalue weighted by Gasteiger charge is 2.46. The van der Waals surface area contributed by atoms with E-state index in [2.05, 4.69) is 36.6 Å². The third kappa shape index (κ3) is 2.40. The molecule has 1 aliphatic carbocycles. The summed E-state index contributed by atoms with van der Waals surface area (Å²) in [7, 11) is 5.89. The zero-order valence-electron chi connectivity index (χ0n) is 10.9. The molecule has 0 aromatic carbocycles. The van der Waals surface area contributed by atoms with E-state index < -0.39 is 0 Å². The molecule has 1 aliphatic rings. The first-order chi connectivity index (χ1) is 8.11. The Kier molecular flexibility index (Phi) is 3.31. The Balaban J connectivity index is 2.40. The van der Waals surface area contributed by atoms with E-state index in [4.69, 9.17) is 4.74 Å². The SMILES string of the molecule is C=Cc1ccc(C2(OC)CC2)c(CN(C)C)n1. The van der Waals surface area contributed by atoms with E-state index in [0.717, 1.165) is 30.8 Å². The van der Waals surface area contributed by atoms with Crippen LogP contribution in [0.15, 0.2) is 18.7 Å². The molecule has 3 heteroatoms. The molecule has 0 N–H and O–H groups in total. The van der Waals surface area contributed by atoms with Crippen molar-refractivity contribution in [1.29, 1.82) is 0 Å². The van der Waals surface area contributed by atoms with Crippen molar-refractivity contribution >= 4 is 6.08 Å². The van der Waals surface area contributed by atoms with E-state index >= 15 is 0 Å². The number of hydrogen-bond acceptors (Lipinski definition) is 3. The molecule has 1 aromatic rings. The number of hydrogen-bond donors (Lipinski definition) is 0. The van der Waals surface area contributed by atoms with Crippen molar-refractivity contribution in [3.63, 3.8) is 0 Å². The number of methoxy groups -OCH3 is 1. The summed E-state index contributed by atoms with van der Waals surface area (Å²) in [5.41, 5.74) is 3.20. The summed E-state index contributed by atoms with van der Waals surface area (Å²) in [5, 5.41) is 0. The van der Waals surface area contributed by atoms with Crippen LogP contribution in [0.5, 0.6) is 0 Å². The van der Waals surface area contributed by atoms with Crippen molar-refractivity contribution in [2.75, 3.05) is 21.2 Å². The maximum Gasteiger partial charge on any atom is 0.0947 e. The largest absolute Gasteiger partial charge is 0.373 e. The van der Waals surface area contributed by atoms with Crippen LogP contribution in [0.2, 0.25) is 0 Å². The fourth-order valence-electron chi connectivity index (χ4n) is 2.16. The van der Waals surface area contributed by atoms with Crippen LogP contribution in [-0.2, 0) is 16.9 Å². The molecule has 0 saturated heterocycles. The van der Waals surface area contributed by atoms with Gasteiger partial charge in [0, 0.05) is 19.2 Å². The van der Waals surface area contributed by atoms with Gasteiger partial charge in [-0.2, -0.15) is 0 Å². The third-order valence-electron chi connectivity index (χ3n) is 3.26. The van der Waals surface area contributed by atoms with E-state index in [9.17, 15) is 0 Å². The van der Waals surface area contributed by atoms with Crippen LogP contribution in [0.1, 0.15) is 29.8 Å². The van der Waals surface area contributed by atoms with Gasteiger partial charge < -0.3 is 9.64 Å². The Hall–Kier alpha value is -1.19. The lowest BCUT2D eigenvalue weighted by molar-refractivity contribution is 0.0772. The normalized spacial score (nSPS) is 17.2. The summed E-state index contributed by atoms with van der Waals surface area (Å²) in [4.78, 5) is 6.78. The van der Waals surface area contributed by atoms with Gasteiger partial charge in [-0.15, -0.1) is 0 Å². The molecule has 0 unspecified atom stereocenters. The van der Waals surface area contributed by atoms with Crippen molar-refractivity contribution in [3.05, 3.63) is 35.7 Å². The Morgan fingerprint density at radius 3 is 2.65 bits per heavy atom. The molecule has 1 heterocycles. The number of aromatic nitrogens is 1. The van der Waals surface area contributed by atoms with Gasteiger partial charge in [-0.3, -0.25) is 4.98 Å². The van der Waals surface area contributed by atoms with E-state index in [-0.39, 0.29) is 5.60 Å². The fraction of sp³-hybridized carbons (Fsp3) is 0.500. The lowest BCUT2D eigenvalue weighted by Gasteiger charge is -2.20. The molecule has 0 aliphatic heterocycles. The zero-order chi connectivity index (χ0) is 12.5. The fourth-order valence-corrected chi connectivity index (χ4v) is 2.16. The minimum Gasteiger partial charge on any atom is -0.373 e. The molecule has 2 rings (SSSR count). The summed E-state index contributed by atoms with van der Waals surface area (Å²) in [5.74, 6) is 0. The van der Waals surface area contributed by atoms with Gasteiger partial charge in [0.1, 0.15) is 0 Å². The quantitative estimate of drug-likeness (QED) is 0.779. The maximum absolute atomic E-state index is 5.65. The van der Waals surface area contributed by atoms with Gasteiger partial charge in [0.25, 0.3) is 0 Å². The van der Waals surface area contributed by atoms with E-state index in [1.807, 2.05) is 6.07 Å². The van der Waals surface area contributed by atoms with Crippen LogP contribution >= 0.6 is 0 Å². The average molecular weight is 232 g/mol. The second-order valence-electron chi connectivity index (χ2n) is 4.87. The van der Waals surface area contributed by atoms with Gasteiger partial charge in [0.2, 0.25) is 0 Å². The smallest absolute Gasteiger partial charge is 0.0947 e. The molecule has 92 valence electrons. The molecular formula is C14H20N2O. The van der Waals surface area contributed by atoms with E-state index in [1.54, 1.807) is 13.2 Å². The predicted octanol–water partition coefficient (Wildman–Crippen LogP) is 2.42. The minimum absolute atomic E-state index is 0.0714. The molecule has 1 fully saturated rings. The molecule has 0 bridgehead atoms. The Morgan fingerprint density at radius 1 is 1.47 bits per heavy atom. The third-order valence-corrected chi connectivity index (χ3v) is 3.26. The predicted molar refractivity (Wildman–Crippen MR) is 69.6 cm³/mol. The lowest BCUT2D eigenvalue weighted by Crippen LogP contribution is -2.19. The second kappa shape index (κ2) is 4.59. The van der Waals surface area contributed by atoms with E-state index in [0.29, 0.717) is 0 Å². The van der Waals surface area contributed by atoms with Gasteiger partial charge in [-0.1, -0.05) is 12.6 Å². The Bertz CT molecular complexity index is 422. The standard InChI is InChI=1S/C14H20N2O/c1-5-11-6-7-12(14(17-4)8-9-14)13(15-11)10-16(2)3/h5-7H,1,8-10H2,2-4H3. The molecule has 0 radical (unpaired) electrons. The van der Waals surface area contributed by atoms with E-state index in [1.165, 1.54) is 5.56 Å². The summed E-state index contributed by atoms with van der Waals surface area (Å²) in [6.07, 6.45) is 3.98. The summed E-state index contributed by atoms with van der Waals surface area (Å²) in [6, 6.07) is 4.15. The minimum atomic E-state index is -0.0714. The lowest BCUT2D eigenvalue weighted by atomic mass is 10.0. The first-order valence-electron chi connectivity index (χ1n) is 5.94. The van der Waals surface area contributed by atoms with Crippen molar-refractivity contribution in [3.8, 4) is 0 Å². The topological polar surface area (TPSA) is 25.4 Å². The van der Waals surface area contributed by atoms with Crippen molar-refractivity contribution in [1.82, 2.24) is 9.88 Å². The molecular weight excluding hydrogens is 212 g/mol. The highest BCUT2D eigenvalue weighted by molar-refractivity contribution is 5.45. The molecule has 0 atom stereocenters. The molecule has 17 heavy (non-hydrogen) atoms. The van der Waals surface area contributed by atoms with Crippen LogP contribution in [0.25, 0.3) is 6.08 Å². The number of pyridine rings is 1. The first-order valence-corrected chi connectivity index (χ1v) is 5.94. The van der Waals surface area contributed by atoms with Crippen LogP contribution in [0.4, 0.5) is 0 Å². The number of rotatable bonds is 5. The molecule has 0 spiro atoms. The Morgan fingerprint density at radius 2 is 2.18 bits per heavy atom. The van der Waals surface area contributed by atoms with Crippen LogP contribution in [-0.4, -0.2) is 31.1 Å². The maximum atomic E-state index is 5.65. The number of nitrogens with zero attached hydrogens (tertiary/aromatic N) is 2. The van der Waals surface area contributed by atoms with Gasteiger partial charge in [-0.05, 0) is 39.1 Å². The molecule has 3 nitrogen and oxygen atoms in total. The Labute approximate surface area is 103 Å². The molecule has 1 saturated carbocycles. The second-order valence-corrected chi connectivity index (χ2v) is 4.87. The molecule has 1 aromatic heterocycles. The highest BCUT2D eigenvalue weighted by Crippen LogP contribution is 2.49. The van der Waals surface area contributed by atoms with Crippen LogP contribution < -0.4 is 0 Å². The summed E-state index contributed by atoms with van der Waals surface area (Å²) >= 11 is 0. The monoisotopic (exact) mass is 232 g/mol. The van der Waals surface area contributed by atoms with Crippen molar-refractivity contribution < 1.29 is 4.74 Å². The van der Waals surface area contributed by atoms with Gasteiger partial charge in [0.15, 0.2) is 0 Å². The van der Waals surface area contributed by atoms with Crippen molar-refractivity contribution in [2.24, 2.45) is 0 Å². The number of ether oxygens (including phenoxy) is 1. The average Bonchev–Trinajstić information content (AvgIpc) is 3.09. The van der Waals surface area contributed by atoms with Crippen LogP contribution in [0.3, 0.4) is 0 Å². The summed E-state index contributed by atoms with van der Waals surface area (Å²) in [6.45, 7) is 4.61. The van der Waals surface area contributed by atoms with Gasteiger partial charge in [-0.25, -0.2) is 0 Å². The molecule has 0 amide bonds. The zero-order valence-corrected chi connectivity index (χ0v) is 10.9. The highest BCUT2D eigenvalue weighted by atomic mass is 16.5. The van der Waals surface area contributed by atoms with Crippen molar-refractivity contribution in [2.45, 2.75) is 25.0 Å². The summed E-state index contributed by atoms with van der Waals surface area (Å²) < 4.78 is 5.65. The van der Waals surface area contributed by atoms with Gasteiger partial charge >= 0.3 is 0 Å². The first kappa shape index (κ1) is 12.3.